The van der Waals surface area contributed by atoms with Crippen molar-refractivity contribution in [2.75, 3.05) is 12.4 Å². The summed E-state index contributed by atoms with van der Waals surface area (Å²) < 4.78 is 5.05. The predicted octanol–water partition coefficient (Wildman–Crippen LogP) is 5.32. The highest BCUT2D eigenvalue weighted by Crippen LogP contribution is 2.40. The molecule has 0 spiro atoms. The van der Waals surface area contributed by atoms with Crippen LogP contribution in [0.4, 0.5) is 5.00 Å². The second-order valence-electron chi connectivity index (χ2n) is 7.73. The third kappa shape index (κ3) is 4.39. The van der Waals surface area contributed by atoms with Gasteiger partial charge >= 0.3 is 5.97 Å². The number of benzene rings is 1. The molecule has 2 unspecified atom stereocenters. The maximum Gasteiger partial charge on any atom is 0.341 e. The molecule has 6 heteroatoms. The SMILES string of the molecule is COC(=O)c1c(NC(=S)NC(C)c2cc(C)ccc2C)sc2c1CCC(C)C2. The molecule has 0 bridgehead atoms. The number of ether oxygens (including phenoxy) is 1. The van der Waals surface area contributed by atoms with Gasteiger partial charge in [0.25, 0.3) is 0 Å². The van der Waals surface area contributed by atoms with E-state index in [0.29, 0.717) is 16.6 Å². The second-order valence-corrected chi connectivity index (χ2v) is 9.24. The van der Waals surface area contributed by atoms with Crippen molar-refractivity contribution in [2.24, 2.45) is 5.92 Å². The first-order valence-electron chi connectivity index (χ1n) is 9.67. The molecule has 0 fully saturated rings. The summed E-state index contributed by atoms with van der Waals surface area (Å²) in [7, 11) is 1.43. The van der Waals surface area contributed by atoms with Crippen LogP contribution < -0.4 is 10.6 Å². The monoisotopic (exact) mass is 416 g/mol. The molecule has 0 saturated carbocycles. The molecule has 0 aliphatic heterocycles. The smallest absolute Gasteiger partial charge is 0.341 e. The quantitative estimate of drug-likeness (QED) is 0.521. The van der Waals surface area contributed by atoms with Crippen molar-refractivity contribution in [1.29, 1.82) is 0 Å². The number of methoxy groups -OCH3 is 1. The summed E-state index contributed by atoms with van der Waals surface area (Å²) in [4.78, 5) is 13.7. The van der Waals surface area contributed by atoms with Gasteiger partial charge in [-0.3, -0.25) is 0 Å². The molecule has 3 rings (SSSR count). The molecule has 0 radical (unpaired) electrons. The van der Waals surface area contributed by atoms with E-state index in [-0.39, 0.29) is 12.0 Å². The minimum absolute atomic E-state index is 0.0658. The zero-order valence-corrected chi connectivity index (χ0v) is 18.8. The number of fused-ring (bicyclic) bond motifs is 1. The average Bonchev–Trinajstić information content (AvgIpc) is 2.99. The van der Waals surface area contributed by atoms with Crippen LogP contribution in [0.2, 0.25) is 0 Å². The summed E-state index contributed by atoms with van der Waals surface area (Å²) in [5.74, 6) is 0.346. The number of carbonyl (C=O) groups is 1. The zero-order valence-electron chi connectivity index (χ0n) is 17.1. The van der Waals surface area contributed by atoms with Crippen molar-refractivity contribution in [1.82, 2.24) is 5.32 Å². The van der Waals surface area contributed by atoms with Gasteiger partial charge in [0.05, 0.1) is 18.7 Å². The molecule has 1 heterocycles. The fraction of sp³-hybridized carbons (Fsp3) is 0.455. The van der Waals surface area contributed by atoms with E-state index in [9.17, 15) is 4.79 Å². The summed E-state index contributed by atoms with van der Waals surface area (Å²) in [5.41, 5.74) is 5.45. The van der Waals surface area contributed by atoms with Gasteiger partial charge in [-0.15, -0.1) is 11.3 Å². The third-order valence-electron chi connectivity index (χ3n) is 5.38. The Morgan fingerprint density at radius 2 is 2.11 bits per heavy atom. The number of thiocarbonyl (C=S) groups is 1. The van der Waals surface area contributed by atoms with E-state index in [1.165, 1.54) is 28.7 Å². The van der Waals surface area contributed by atoms with E-state index in [1.807, 2.05) is 0 Å². The minimum atomic E-state index is -0.292. The number of esters is 1. The number of thiophene rings is 1. The first kappa shape index (κ1) is 20.8. The first-order chi connectivity index (χ1) is 13.3. The maximum atomic E-state index is 12.4. The molecule has 1 aromatic heterocycles. The molecular formula is C22H28N2O2S2. The van der Waals surface area contributed by atoms with Crippen LogP contribution in [0.1, 0.15) is 63.8 Å². The van der Waals surface area contributed by atoms with Gasteiger partial charge in [0, 0.05) is 4.88 Å². The van der Waals surface area contributed by atoms with E-state index in [0.717, 1.165) is 29.8 Å². The Labute approximate surface area is 176 Å². The fourth-order valence-corrected chi connectivity index (χ4v) is 5.54. The molecule has 0 saturated heterocycles. The van der Waals surface area contributed by atoms with Crippen LogP contribution in [0, 0.1) is 19.8 Å². The predicted molar refractivity (Wildman–Crippen MR) is 121 cm³/mol. The van der Waals surface area contributed by atoms with Gasteiger partial charge in [0.1, 0.15) is 5.00 Å². The van der Waals surface area contributed by atoms with Crippen LogP contribution in [-0.4, -0.2) is 18.2 Å². The van der Waals surface area contributed by atoms with Gasteiger partial charge in [0.2, 0.25) is 0 Å². The summed E-state index contributed by atoms with van der Waals surface area (Å²) in [6.45, 7) is 8.54. The van der Waals surface area contributed by atoms with E-state index in [1.54, 1.807) is 11.3 Å². The van der Waals surface area contributed by atoms with Crippen LogP contribution in [0.5, 0.6) is 0 Å². The van der Waals surface area contributed by atoms with Crippen molar-refractivity contribution < 1.29 is 9.53 Å². The molecule has 150 valence electrons. The average molecular weight is 417 g/mol. The lowest BCUT2D eigenvalue weighted by Gasteiger charge is -2.20. The standard InChI is InChI=1S/C22H28N2O2S2/c1-12-6-8-14(3)17(10-12)15(4)23-22(27)24-20-19(21(25)26-5)16-9-7-13(2)11-18(16)28-20/h6,8,10,13,15H,7,9,11H2,1-5H3,(H2,23,24,27). The van der Waals surface area contributed by atoms with Gasteiger partial charge in [0.15, 0.2) is 5.11 Å². The molecule has 1 aliphatic carbocycles. The van der Waals surface area contributed by atoms with Crippen LogP contribution in [0.15, 0.2) is 18.2 Å². The molecule has 1 aromatic carbocycles. The van der Waals surface area contributed by atoms with Crippen LogP contribution in [0.25, 0.3) is 0 Å². The van der Waals surface area contributed by atoms with Crippen LogP contribution >= 0.6 is 23.6 Å². The Morgan fingerprint density at radius 1 is 1.36 bits per heavy atom. The molecule has 2 atom stereocenters. The first-order valence-corrected chi connectivity index (χ1v) is 10.9. The third-order valence-corrected chi connectivity index (χ3v) is 6.77. The molecule has 0 amide bonds. The van der Waals surface area contributed by atoms with Gasteiger partial charge in [-0.2, -0.15) is 0 Å². The van der Waals surface area contributed by atoms with Gasteiger partial charge in [-0.25, -0.2) is 4.79 Å². The summed E-state index contributed by atoms with van der Waals surface area (Å²) >= 11 is 7.19. The summed E-state index contributed by atoms with van der Waals surface area (Å²) in [6.07, 6.45) is 3.02. The molecule has 28 heavy (non-hydrogen) atoms. The normalized spacial score (nSPS) is 16.8. The summed E-state index contributed by atoms with van der Waals surface area (Å²) in [5, 5.41) is 7.94. The number of hydrogen-bond donors (Lipinski definition) is 2. The Balaban J connectivity index is 1.80. The zero-order chi connectivity index (χ0) is 20.4. The topological polar surface area (TPSA) is 50.4 Å². The second kappa shape index (κ2) is 8.62. The largest absolute Gasteiger partial charge is 0.465 e. The number of aryl methyl sites for hydroxylation is 2. The van der Waals surface area contributed by atoms with Crippen LogP contribution in [-0.2, 0) is 17.6 Å². The molecule has 4 nitrogen and oxygen atoms in total. The van der Waals surface area contributed by atoms with Crippen LogP contribution in [0.3, 0.4) is 0 Å². The Morgan fingerprint density at radius 3 is 2.82 bits per heavy atom. The van der Waals surface area contributed by atoms with Crippen molar-refractivity contribution in [3.63, 3.8) is 0 Å². The molecule has 1 aliphatic rings. The highest BCUT2D eigenvalue weighted by molar-refractivity contribution is 7.80. The Bertz CT molecular complexity index is 904. The summed E-state index contributed by atoms with van der Waals surface area (Å²) in [6, 6.07) is 6.49. The van der Waals surface area contributed by atoms with Gasteiger partial charge in [-0.05, 0) is 74.9 Å². The molecular weight excluding hydrogens is 388 g/mol. The van der Waals surface area contributed by atoms with E-state index >= 15 is 0 Å². The van der Waals surface area contributed by atoms with Gasteiger partial charge in [-0.1, -0.05) is 30.7 Å². The highest BCUT2D eigenvalue weighted by Gasteiger charge is 2.28. The number of anilines is 1. The van der Waals surface area contributed by atoms with E-state index < -0.39 is 0 Å². The van der Waals surface area contributed by atoms with E-state index in [4.69, 9.17) is 17.0 Å². The van der Waals surface area contributed by atoms with Crippen molar-refractivity contribution in [3.8, 4) is 0 Å². The fourth-order valence-electron chi connectivity index (χ4n) is 3.80. The van der Waals surface area contributed by atoms with Crippen molar-refractivity contribution >= 4 is 39.6 Å². The minimum Gasteiger partial charge on any atom is -0.465 e. The number of carbonyl (C=O) groups excluding carboxylic acids is 1. The van der Waals surface area contributed by atoms with Crippen molar-refractivity contribution in [2.45, 2.75) is 53.0 Å². The molecule has 2 aromatic rings. The number of rotatable bonds is 4. The number of nitrogens with one attached hydrogen (secondary N) is 2. The molecule has 2 N–H and O–H groups in total. The number of hydrogen-bond acceptors (Lipinski definition) is 4. The lowest BCUT2D eigenvalue weighted by Crippen LogP contribution is -2.31. The Hall–Kier alpha value is -1.92. The lowest BCUT2D eigenvalue weighted by molar-refractivity contribution is 0.0601. The Kier molecular flexibility index (Phi) is 6.40. The van der Waals surface area contributed by atoms with Crippen molar-refractivity contribution in [3.05, 3.63) is 50.9 Å². The highest BCUT2D eigenvalue weighted by atomic mass is 32.1. The lowest BCUT2D eigenvalue weighted by atomic mass is 9.88. The van der Waals surface area contributed by atoms with E-state index in [2.05, 4.69) is 56.5 Å². The maximum absolute atomic E-state index is 12.4. The van der Waals surface area contributed by atoms with Gasteiger partial charge < -0.3 is 15.4 Å².